The van der Waals surface area contributed by atoms with Crippen molar-refractivity contribution in [3.05, 3.63) is 41.4 Å². The highest BCUT2D eigenvalue weighted by atomic mass is 19.1. The van der Waals surface area contributed by atoms with E-state index in [1.54, 1.807) is 9.80 Å². The molecule has 0 radical (unpaired) electrons. The second-order valence-corrected chi connectivity index (χ2v) is 6.61. The van der Waals surface area contributed by atoms with E-state index in [0.717, 1.165) is 0 Å². The average molecular weight is 375 g/mol. The fraction of sp³-hybridized carbons (Fsp3) is 0.421. The molecule has 3 rings (SSSR count). The lowest BCUT2D eigenvalue weighted by Gasteiger charge is -2.21. The second-order valence-electron chi connectivity index (χ2n) is 6.61. The van der Waals surface area contributed by atoms with Gasteiger partial charge in [-0.1, -0.05) is 5.16 Å². The Morgan fingerprint density at radius 2 is 1.78 bits per heavy atom. The molecule has 2 amide bonds. The molecule has 1 aliphatic heterocycles. The van der Waals surface area contributed by atoms with Crippen LogP contribution in [0.2, 0.25) is 0 Å². The Morgan fingerprint density at radius 1 is 1.15 bits per heavy atom. The molecule has 0 aliphatic carbocycles. The van der Waals surface area contributed by atoms with Crippen molar-refractivity contribution in [2.45, 2.75) is 26.4 Å². The first-order valence-corrected chi connectivity index (χ1v) is 8.87. The molecule has 1 aliphatic rings. The highest BCUT2D eigenvalue weighted by Crippen LogP contribution is 2.30. The van der Waals surface area contributed by atoms with Crippen molar-refractivity contribution in [3.8, 4) is 11.3 Å². The Bertz CT molecular complexity index is 832. The summed E-state index contributed by atoms with van der Waals surface area (Å²) >= 11 is 0. The minimum absolute atomic E-state index is 0.0223. The van der Waals surface area contributed by atoms with E-state index >= 15 is 0 Å². The maximum absolute atomic E-state index is 13.2. The van der Waals surface area contributed by atoms with Gasteiger partial charge in [-0.15, -0.1) is 0 Å². The Labute approximate surface area is 156 Å². The van der Waals surface area contributed by atoms with Crippen LogP contribution in [0.1, 0.15) is 42.5 Å². The number of amides is 2. The second kappa shape index (κ2) is 7.87. The Hall–Kier alpha value is -2.74. The summed E-state index contributed by atoms with van der Waals surface area (Å²) < 4.78 is 18.5. The van der Waals surface area contributed by atoms with Crippen molar-refractivity contribution in [2.24, 2.45) is 0 Å². The maximum Gasteiger partial charge on any atom is 0.259 e. The molecule has 1 aromatic heterocycles. The molecule has 1 saturated heterocycles. The number of aliphatic hydroxyl groups excluding tert-OH is 1. The van der Waals surface area contributed by atoms with Gasteiger partial charge < -0.3 is 19.4 Å². The summed E-state index contributed by atoms with van der Waals surface area (Å²) in [6.07, 6.45) is -0.363. The quantitative estimate of drug-likeness (QED) is 0.889. The molecular weight excluding hydrogens is 353 g/mol. The molecule has 1 aromatic carbocycles. The number of hydrogen-bond donors (Lipinski definition) is 1. The van der Waals surface area contributed by atoms with Gasteiger partial charge in [0.15, 0.2) is 5.76 Å². The summed E-state index contributed by atoms with van der Waals surface area (Å²) in [7, 11) is 0. The molecule has 1 N–H and O–H groups in total. The van der Waals surface area contributed by atoms with Crippen LogP contribution >= 0.6 is 0 Å². The van der Waals surface area contributed by atoms with Crippen molar-refractivity contribution < 1.29 is 23.6 Å². The van der Waals surface area contributed by atoms with Crippen molar-refractivity contribution in [3.63, 3.8) is 0 Å². The number of aliphatic hydroxyl groups is 1. The van der Waals surface area contributed by atoms with Crippen LogP contribution in [0.3, 0.4) is 0 Å². The summed E-state index contributed by atoms with van der Waals surface area (Å²) in [4.78, 5) is 28.2. The third-order valence-corrected chi connectivity index (χ3v) is 4.66. The first-order valence-electron chi connectivity index (χ1n) is 8.87. The van der Waals surface area contributed by atoms with Gasteiger partial charge in [0.2, 0.25) is 5.91 Å². The zero-order chi connectivity index (χ0) is 19.6. The van der Waals surface area contributed by atoms with Gasteiger partial charge in [0.05, 0.1) is 0 Å². The zero-order valence-electron chi connectivity index (χ0n) is 15.3. The fourth-order valence-corrected chi connectivity index (χ4v) is 3.19. The number of carbonyl (C=O) groups is 2. The fourth-order valence-electron chi connectivity index (χ4n) is 3.19. The van der Waals surface area contributed by atoms with E-state index in [0.29, 0.717) is 38.2 Å². The molecule has 2 aromatic rings. The molecule has 8 heteroatoms. The highest BCUT2D eigenvalue weighted by Gasteiger charge is 2.31. The number of halogens is 1. The van der Waals surface area contributed by atoms with Crippen LogP contribution in [0.25, 0.3) is 11.3 Å². The van der Waals surface area contributed by atoms with E-state index in [4.69, 9.17) is 4.52 Å². The van der Waals surface area contributed by atoms with Gasteiger partial charge in [-0.05, 0) is 37.6 Å². The van der Waals surface area contributed by atoms with Crippen molar-refractivity contribution in [1.82, 2.24) is 15.0 Å². The molecule has 144 valence electrons. The number of hydrogen-bond acceptors (Lipinski definition) is 5. The third-order valence-electron chi connectivity index (χ3n) is 4.66. The molecule has 0 spiro atoms. The molecule has 1 atom stereocenters. The Kier molecular flexibility index (Phi) is 5.55. The molecule has 2 heterocycles. The summed E-state index contributed by atoms with van der Waals surface area (Å²) in [5.41, 5.74) is 0.965. The van der Waals surface area contributed by atoms with Crippen LogP contribution in [0.4, 0.5) is 4.39 Å². The lowest BCUT2D eigenvalue weighted by molar-refractivity contribution is -0.128. The summed E-state index contributed by atoms with van der Waals surface area (Å²) in [5.74, 6) is -0.669. The standard InChI is InChI=1S/C19H22FN3O4/c1-12(24)18-16(17(21-27-18)14-4-6-15(20)7-5-14)19(26)23-9-3-8-22(10-11-23)13(2)25/h4-7,12,24H,3,8-11H2,1-2H3/t12-/m0/s1. The highest BCUT2D eigenvalue weighted by molar-refractivity contribution is 6.01. The molecular formula is C19H22FN3O4. The van der Waals surface area contributed by atoms with Crippen LogP contribution < -0.4 is 0 Å². The number of benzene rings is 1. The van der Waals surface area contributed by atoms with Gasteiger partial charge in [-0.25, -0.2) is 4.39 Å². The molecule has 0 saturated carbocycles. The van der Waals surface area contributed by atoms with Gasteiger partial charge in [0.1, 0.15) is 23.2 Å². The first kappa shape index (κ1) is 19.0. The van der Waals surface area contributed by atoms with E-state index in [9.17, 15) is 19.1 Å². The van der Waals surface area contributed by atoms with Crippen LogP contribution in [0.5, 0.6) is 0 Å². The van der Waals surface area contributed by atoms with Crippen LogP contribution in [0.15, 0.2) is 28.8 Å². The summed E-state index contributed by atoms with van der Waals surface area (Å²) in [6.45, 7) is 4.90. The van der Waals surface area contributed by atoms with Crippen LogP contribution in [-0.2, 0) is 4.79 Å². The van der Waals surface area contributed by atoms with E-state index < -0.39 is 11.9 Å². The normalized spacial score (nSPS) is 16.1. The average Bonchev–Trinajstić information content (AvgIpc) is 2.92. The zero-order valence-corrected chi connectivity index (χ0v) is 15.3. The lowest BCUT2D eigenvalue weighted by Crippen LogP contribution is -2.37. The summed E-state index contributed by atoms with van der Waals surface area (Å²) in [6, 6.07) is 5.57. The Morgan fingerprint density at radius 3 is 2.41 bits per heavy atom. The van der Waals surface area contributed by atoms with Gasteiger partial charge in [0, 0.05) is 38.7 Å². The molecule has 0 unspecified atom stereocenters. The number of nitrogens with zero attached hydrogens (tertiary/aromatic N) is 3. The van der Waals surface area contributed by atoms with Crippen molar-refractivity contribution in [1.29, 1.82) is 0 Å². The number of aromatic nitrogens is 1. The molecule has 0 bridgehead atoms. The van der Waals surface area contributed by atoms with Crippen molar-refractivity contribution >= 4 is 11.8 Å². The minimum atomic E-state index is -1.02. The van der Waals surface area contributed by atoms with Crippen LogP contribution in [0, 0.1) is 5.82 Å². The smallest absolute Gasteiger partial charge is 0.259 e. The van der Waals surface area contributed by atoms with Gasteiger partial charge in [0.25, 0.3) is 5.91 Å². The number of carbonyl (C=O) groups excluding carboxylic acids is 2. The summed E-state index contributed by atoms with van der Waals surface area (Å²) in [5, 5.41) is 14.0. The molecule has 7 nitrogen and oxygen atoms in total. The molecule has 1 fully saturated rings. The van der Waals surface area contributed by atoms with Gasteiger partial charge >= 0.3 is 0 Å². The van der Waals surface area contributed by atoms with Crippen molar-refractivity contribution in [2.75, 3.05) is 26.2 Å². The van der Waals surface area contributed by atoms with Gasteiger partial charge in [-0.2, -0.15) is 0 Å². The molecule has 27 heavy (non-hydrogen) atoms. The van der Waals surface area contributed by atoms with Crippen LogP contribution in [-0.4, -0.2) is 58.1 Å². The lowest BCUT2D eigenvalue weighted by atomic mass is 10.0. The predicted octanol–water partition coefficient (Wildman–Crippen LogP) is 2.23. The van der Waals surface area contributed by atoms with E-state index in [1.807, 2.05) is 0 Å². The van der Waals surface area contributed by atoms with E-state index in [-0.39, 0.29) is 28.8 Å². The Balaban J connectivity index is 1.94. The van der Waals surface area contributed by atoms with E-state index in [2.05, 4.69) is 5.16 Å². The van der Waals surface area contributed by atoms with E-state index in [1.165, 1.54) is 38.1 Å². The topological polar surface area (TPSA) is 86.9 Å². The first-order chi connectivity index (χ1) is 12.9. The number of rotatable bonds is 3. The largest absolute Gasteiger partial charge is 0.385 e. The SMILES string of the molecule is CC(=O)N1CCCN(C(=O)c2c(-c3ccc(F)cc3)noc2[C@H](C)O)CC1. The third kappa shape index (κ3) is 4.00. The maximum atomic E-state index is 13.2. The predicted molar refractivity (Wildman–Crippen MR) is 95.3 cm³/mol. The van der Waals surface area contributed by atoms with Gasteiger partial charge in [-0.3, -0.25) is 9.59 Å². The monoisotopic (exact) mass is 375 g/mol. The minimum Gasteiger partial charge on any atom is -0.385 e.